The van der Waals surface area contributed by atoms with E-state index < -0.39 is 4.92 Å². The molecule has 5 aromatic rings. The Balaban J connectivity index is 1.53. The molecule has 0 aliphatic heterocycles. The van der Waals surface area contributed by atoms with Crippen molar-refractivity contribution >= 4 is 17.3 Å². The van der Waals surface area contributed by atoms with E-state index in [1.807, 2.05) is 60.7 Å². The molecule has 0 bridgehead atoms. The molecular formula is C23H16N8O4. The van der Waals surface area contributed by atoms with Crippen LogP contribution in [0.15, 0.2) is 105 Å². The van der Waals surface area contributed by atoms with E-state index in [-0.39, 0.29) is 23.9 Å². The first-order valence-electron chi connectivity index (χ1n) is 10.4. The van der Waals surface area contributed by atoms with Crippen LogP contribution >= 0.6 is 0 Å². The molecule has 172 valence electrons. The number of non-ortho nitro benzene ring substituents is 1. The second-order valence-electron chi connectivity index (χ2n) is 7.28. The van der Waals surface area contributed by atoms with Gasteiger partial charge in [-0.05, 0) is 26.2 Å². The number of rotatable bonds is 8. The summed E-state index contributed by atoms with van der Waals surface area (Å²) in [6, 6.07) is 24.7. The van der Waals surface area contributed by atoms with Crippen LogP contribution in [0.2, 0.25) is 0 Å². The molecule has 0 radical (unpaired) electrons. The molecule has 12 nitrogen and oxygen atoms in total. The third kappa shape index (κ3) is 4.75. The lowest BCUT2D eigenvalue weighted by molar-refractivity contribution is -0.384. The van der Waals surface area contributed by atoms with Crippen LogP contribution in [0.3, 0.4) is 0 Å². The number of benzene rings is 3. The topological polar surface area (TPSA) is 149 Å². The Bertz CT molecular complexity index is 1470. The standard InChI is InChI=1S/C23H16N8O4/c32-31(33)19-13-7-8-16(14-19)15-30(23-21(26-35-28-23)18-11-5-2-6-12-18)29-24-22-20(25-34-27-22)17-9-3-1-4-10-17/h1-14H,15H2. The zero-order chi connectivity index (χ0) is 24.0. The van der Waals surface area contributed by atoms with Crippen molar-refractivity contribution in [1.82, 2.24) is 20.6 Å². The molecule has 2 heterocycles. The average molecular weight is 468 g/mol. The highest BCUT2D eigenvalue weighted by molar-refractivity contribution is 5.71. The molecule has 0 fully saturated rings. The average Bonchev–Trinajstić information content (AvgIpc) is 3.58. The lowest BCUT2D eigenvalue weighted by atomic mass is 10.1. The maximum absolute atomic E-state index is 11.2. The Hall–Kier alpha value is -5.26. The molecular weight excluding hydrogens is 452 g/mol. The zero-order valence-corrected chi connectivity index (χ0v) is 18.0. The van der Waals surface area contributed by atoms with E-state index in [1.54, 1.807) is 12.1 Å². The van der Waals surface area contributed by atoms with E-state index in [9.17, 15) is 10.1 Å². The summed E-state index contributed by atoms with van der Waals surface area (Å²) in [5.74, 6) is 0.419. The summed E-state index contributed by atoms with van der Waals surface area (Å²) in [6.07, 6.45) is 0. The highest BCUT2D eigenvalue weighted by Gasteiger charge is 2.21. The first-order valence-corrected chi connectivity index (χ1v) is 10.4. The van der Waals surface area contributed by atoms with Gasteiger partial charge in [0, 0.05) is 23.3 Å². The van der Waals surface area contributed by atoms with Gasteiger partial charge in [-0.1, -0.05) is 78.0 Å². The Kier molecular flexibility index (Phi) is 5.98. The van der Waals surface area contributed by atoms with Crippen LogP contribution < -0.4 is 5.01 Å². The van der Waals surface area contributed by atoms with E-state index in [0.29, 0.717) is 17.0 Å². The van der Waals surface area contributed by atoms with Gasteiger partial charge in [0.2, 0.25) is 11.6 Å². The SMILES string of the molecule is O=[N+]([O-])c1cccc(CN(N=Nc2nonc2-c2ccccc2)c2nonc2-c2ccccc2)c1. The van der Waals surface area contributed by atoms with Crippen LogP contribution in [0, 0.1) is 10.1 Å². The number of hydrogen-bond acceptors (Lipinski definition) is 10. The number of hydrogen-bond donors (Lipinski definition) is 0. The molecule has 0 N–H and O–H groups in total. The summed E-state index contributed by atoms with van der Waals surface area (Å²) in [6.45, 7) is 0.0885. The van der Waals surface area contributed by atoms with Gasteiger partial charge < -0.3 is 0 Å². The second-order valence-corrected chi connectivity index (χ2v) is 7.28. The van der Waals surface area contributed by atoms with Crippen molar-refractivity contribution in [3.05, 3.63) is 101 Å². The van der Waals surface area contributed by atoms with Gasteiger partial charge in [-0.25, -0.2) is 14.3 Å². The fourth-order valence-electron chi connectivity index (χ4n) is 3.35. The lowest BCUT2D eigenvalue weighted by Gasteiger charge is -2.15. The molecule has 0 aliphatic carbocycles. The van der Waals surface area contributed by atoms with Crippen molar-refractivity contribution < 1.29 is 14.2 Å². The van der Waals surface area contributed by atoms with E-state index in [1.165, 1.54) is 17.1 Å². The molecule has 0 atom stereocenters. The molecule has 0 saturated carbocycles. The summed E-state index contributed by atoms with van der Waals surface area (Å²) in [5, 5.41) is 37.0. The number of aromatic nitrogens is 4. The lowest BCUT2D eigenvalue weighted by Crippen LogP contribution is -2.16. The largest absolute Gasteiger partial charge is 0.269 e. The van der Waals surface area contributed by atoms with Gasteiger partial charge in [-0.3, -0.25) is 10.1 Å². The molecule has 0 aliphatic rings. The van der Waals surface area contributed by atoms with Gasteiger partial charge in [0.25, 0.3) is 5.69 Å². The maximum atomic E-state index is 11.2. The smallest absolute Gasteiger partial charge is 0.258 e. The molecule has 35 heavy (non-hydrogen) atoms. The summed E-state index contributed by atoms with van der Waals surface area (Å²) in [4.78, 5) is 10.8. The molecule has 5 rings (SSSR count). The van der Waals surface area contributed by atoms with Gasteiger partial charge >= 0.3 is 0 Å². The van der Waals surface area contributed by atoms with Gasteiger partial charge in [0.05, 0.1) is 11.5 Å². The third-order valence-corrected chi connectivity index (χ3v) is 4.98. The molecule has 0 spiro atoms. The number of nitro benzene ring substituents is 1. The highest BCUT2D eigenvalue weighted by atomic mass is 16.6. The number of anilines is 1. The van der Waals surface area contributed by atoms with E-state index >= 15 is 0 Å². The summed E-state index contributed by atoms with van der Waals surface area (Å²) in [5.41, 5.74) is 2.88. The first kappa shape index (κ1) is 21.6. The maximum Gasteiger partial charge on any atom is 0.269 e. The first-order chi connectivity index (χ1) is 17.2. The molecule has 2 aromatic heterocycles. The van der Waals surface area contributed by atoms with Crippen LogP contribution in [0.1, 0.15) is 5.56 Å². The predicted octanol–water partition coefficient (Wildman–Crippen LogP) is 5.40. The number of nitro groups is 1. The molecule has 0 amide bonds. The fourth-order valence-corrected chi connectivity index (χ4v) is 3.35. The monoisotopic (exact) mass is 468 g/mol. The summed E-state index contributed by atoms with van der Waals surface area (Å²) < 4.78 is 9.90. The quantitative estimate of drug-likeness (QED) is 0.166. The van der Waals surface area contributed by atoms with Crippen LogP contribution in [0.4, 0.5) is 17.3 Å². The van der Waals surface area contributed by atoms with Crippen molar-refractivity contribution in [2.75, 3.05) is 5.01 Å². The van der Waals surface area contributed by atoms with E-state index in [4.69, 9.17) is 9.26 Å². The second kappa shape index (κ2) is 9.70. The number of nitrogens with zero attached hydrogens (tertiary/aromatic N) is 8. The summed E-state index contributed by atoms with van der Waals surface area (Å²) >= 11 is 0. The van der Waals surface area contributed by atoms with Gasteiger partial charge in [0.15, 0.2) is 11.4 Å². The Morgan fingerprint density at radius 3 is 2.17 bits per heavy atom. The van der Waals surface area contributed by atoms with E-state index in [2.05, 4.69) is 31.0 Å². The predicted molar refractivity (Wildman–Crippen MR) is 123 cm³/mol. The minimum Gasteiger partial charge on any atom is -0.258 e. The van der Waals surface area contributed by atoms with Gasteiger partial charge in [0.1, 0.15) is 0 Å². The Morgan fingerprint density at radius 1 is 0.800 bits per heavy atom. The van der Waals surface area contributed by atoms with Crippen molar-refractivity contribution in [3.63, 3.8) is 0 Å². The Morgan fingerprint density at radius 2 is 1.46 bits per heavy atom. The highest BCUT2D eigenvalue weighted by Crippen LogP contribution is 2.31. The van der Waals surface area contributed by atoms with Gasteiger partial charge in [-0.15, -0.1) is 5.11 Å². The third-order valence-electron chi connectivity index (χ3n) is 4.98. The van der Waals surface area contributed by atoms with Crippen LogP contribution in [-0.4, -0.2) is 25.5 Å². The van der Waals surface area contributed by atoms with Crippen molar-refractivity contribution in [2.45, 2.75) is 6.54 Å². The van der Waals surface area contributed by atoms with Crippen molar-refractivity contribution in [2.24, 2.45) is 10.3 Å². The fraction of sp³-hybridized carbons (Fsp3) is 0.0435. The minimum atomic E-state index is -0.463. The molecule has 0 saturated heterocycles. The molecule has 0 unspecified atom stereocenters. The van der Waals surface area contributed by atoms with Crippen molar-refractivity contribution in [1.29, 1.82) is 0 Å². The van der Waals surface area contributed by atoms with Crippen molar-refractivity contribution in [3.8, 4) is 22.5 Å². The van der Waals surface area contributed by atoms with Gasteiger partial charge in [-0.2, -0.15) is 0 Å². The Labute approximate surface area is 197 Å². The molecule has 3 aromatic carbocycles. The zero-order valence-electron chi connectivity index (χ0n) is 18.0. The van der Waals surface area contributed by atoms with Crippen LogP contribution in [0.5, 0.6) is 0 Å². The van der Waals surface area contributed by atoms with E-state index in [0.717, 1.165) is 11.1 Å². The van der Waals surface area contributed by atoms with Crippen LogP contribution in [-0.2, 0) is 6.54 Å². The minimum absolute atomic E-state index is 0.0481. The summed E-state index contributed by atoms with van der Waals surface area (Å²) in [7, 11) is 0. The normalized spacial score (nSPS) is 11.1. The molecule has 12 heteroatoms. The van der Waals surface area contributed by atoms with Crippen LogP contribution in [0.25, 0.3) is 22.5 Å².